The Hall–Kier alpha value is -2.90. The first-order chi connectivity index (χ1) is 15.0. The summed E-state index contributed by atoms with van der Waals surface area (Å²) in [5.41, 5.74) is 3.03. The maximum Gasteiger partial charge on any atom is 0.338 e. The summed E-state index contributed by atoms with van der Waals surface area (Å²) in [4.78, 5) is 28.0. The van der Waals surface area contributed by atoms with Gasteiger partial charge >= 0.3 is 5.97 Å². The van der Waals surface area contributed by atoms with E-state index in [2.05, 4.69) is 20.9 Å². The Labute approximate surface area is 191 Å². The monoisotopic (exact) mass is 500 g/mol. The third kappa shape index (κ3) is 3.79. The maximum absolute atomic E-state index is 12.2. The molecule has 2 aromatic heterocycles. The van der Waals surface area contributed by atoms with Crippen LogP contribution in [0.1, 0.15) is 39.2 Å². The zero-order chi connectivity index (χ0) is 22.1. The van der Waals surface area contributed by atoms with Crippen LogP contribution < -0.4 is 0 Å². The standard InChI is InChI=1S/C23H18BrClN2O4/c1-3-19-26-22(25)17(12-28)27(19)11-13-8-9-18-16(10-13)20(24)21(31-18)14-6-4-5-7-15(14)23(29)30-2/h4-10,12H,3,11H2,1-2H3. The Morgan fingerprint density at radius 2 is 2.06 bits per heavy atom. The largest absolute Gasteiger partial charge is 0.465 e. The summed E-state index contributed by atoms with van der Waals surface area (Å²) >= 11 is 9.75. The molecule has 6 nitrogen and oxygen atoms in total. The molecule has 0 aliphatic rings. The summed E-state index contributed by atoms with van der Waals surface area (Å²) in [5.74, 6) is 0.849. The lowest BCUT2D eigenvalue weighted by Crippen LogP contribution is -2.07. The van der Waals surface area contributed by atoms with Crippen molar-refractivity contribution in [3.05, 3.63) is 74.7 Å². The highest BCUT2D eigenvalue weighted by Gasteiger charge is 2.21. The molecule has 0 saturated heterocycles. The van der Waals surface area contributed by atoms with Gasteiger partial charge in [-0.25, -0.2) is 9.78 Å². The van der Waals surface area contributed by atoms with Crippen LogP contribution in [0, 0.1) is 0 Å². The molecule has 0 bridgehead atoms. The number of methoxy groups -OCH3 is 1. The first-order valence-corrected chi connectivity index (χ1v) is 10.7. The van der Waals surface area contributed by atoms with Crippen LogP contribution in [0.3, 0.4) is 0 Å². The minimum atomic E-state index is -0.436. The SMILES string of the molecule is CCc1nc(Cl)c(C=O)n1Cc1ccc2oc(-c3ccccc3C(=O)OC)c(Br)c2c1. The van der Waals surface area contributed by atoms with E-state index in [1.807, 2.05) is 41.8 Å². The van der Waals surface area contributed by atoms with Crippen LogP contribution in [0.15, 0.2) is 51.4 Å². The zero-order valence-electron chi connectivity index (χ0n) is 16.8. The van der Waals surface area contributed by atoms with Crippen LogP contribution in [0.4, 0.5) is 0 Å². The van der Waals surface area contributed by atoms with Crippen molar-refractivity contribution in [1.82, 2.24) is 9.55 Å². The van der Waals surface area contributed by atoms with Crippen molar-refractivity contribution in [1.29, 1.82) is 0 Å². The fourth-order valence-electron chi connectivity index (χ4n) is 3.58. The van der Waals surface area contributed by atoms with Crippen molar-refractivity contribution in [3.63, 3.8) is 0 Å². The summed E-state index contributed by atoms with van der Waals surface area (Å²) in [7, 11) is 1.35. The number of ether oxygens (including phenoxy) is 1. The number of hydrogen-bond acceptors (Lipinski definition) is 5. The van der Waals surface area contributed by atoms with Crippen molar-refractivity contribution in [2.45, 2.75) is 19.9 Å². The number of carbonyl (C=O) groups is 2. The van der Waals surface area contributed by atoms with Gasteiger partial charge in [-0.3, -0.25) is 4.79 Å². The lowest BCUT2D eigenvalue weighted by molar-refractivity contribution is 0.0601. The van der Waals surface area contributed by atoms with Gasteiger partial charge in [-0.05, 0) is 39.7 Å². The molecule has 0 amide bonds. The van der Waals surface area contributed by atoms with Crippen molar-refractivity contribution >= 4 is 50.8 Å². The summed E-state index contributed by atoms with van der Waals surface area (Å²) < 4.78 is 13.5. The van der Waals surface area contributed by atoms with Crippen molar-refractivity contribution in [2.75, 3.05) is 7.11 Å². The maximum atomic E-state index is 12.2. The normalized spacial score (nSPS) is 11.1. The molecule has 0 N–H and O–H groups in total. The van der Waals surface area contributed by atoms with Crippen LogP contribution in [0.5, 0.6) is 0 Å². The van der Waals surface area contributed by atoms with Crippen LogP contribution in [0.2, 0.25) is 5.15 Å². The summed E-state index contributed by atoms with van der Waals surface area (Å²) in [6.45, 7) is 2.41. The van der Waals surface area contributed by atoms with Gasteiger partial charge in [0.15, 0.2) is 11.4 Å². The number of carbonyl (C=O) groups excluding carboxylic acids is 2. The van der Waals surface area contributed by atoms with Gasteiger partial charge in [-0.1, -0.05) is 42.8 Å². The quantitative estimate of drug-likeness (QED) is 0.242. The zero-order valence-corrected chi connectivity index (χ0v) is 19.2. The number of rotatable bonds is 6. The number of nitrogens with zero attached hydrogens (tertiary/aromatic N) is 2. The third-order valence-electron chi connectivity index (χ3n) is 5.08. The fourth-order valence-corrected chi connectivity index (χ4v) is 4.43. The molecule has 4 rings (SSSR count). The molecule has 0 atom stereocenters. The Balaban J connectivity index is 1.79. The molecule has 0 radical (unpaired) electrons. The van der Waals surface area contributed by atoms with Gasteiger partial charge in [0.2, 0.25) is 0 Å². The first-order valence-electron chi connectivity index (χ1n) is 9.57. The number of aromatic nitrogens is 2. The van der Waals surface area contributed by atoms with Crippen LogP contribution in [-0.2, 0) is 17.7 Å². The predicted octanol–water partition coefficient (Wildman–Crippen LogP) is 5.92. The molecular weight excluding hydrogens is 484 g/mol. The minimum absolute atomic E-state index is 0.208. The Morgan fingerprint density at radius 1 is 1.29 bits per heavy atom. The van der Waals surface area contributed by atoms with E-state index in [-0.39, 0.29) is 5.15 Å². The number of imidazole rings is 1. The Morgan fingerprint density at radius 3 is 2.77 bits per heavy atom. The van der Waals surface area contributed by atoms with Gasteiger partial charge in [0.1, 0.15) is 22.9 Å². The number of aryl methyl sites for hydroxylation is 1. The molecule has 0 aliphatic carbocycles. The molecule has 0 saturated carbocycles. The van der Waals surface area contributed by atoms with Gasteiger partial charge in [0.25, 0.3) is 0 Å². The van der Waals surface area contributed by atoms with E-state index in [9.17, 15) is 9.59 Å². The van der Waals surface area contributed by atoms with E-state index in [0.717, 1.165) is 27.5 Å². The Kier molecular flexibility index (Phi) is 5.98. The average Bonchev–Trinajstić information content (AvgIpc) is 3.28. The number of furan rings is 1. The third-order valence-corrected chi connectivity index (χ3v) is 6.14. The smallest absolute Gasteiger partial charge is 0.338 e. The van der Waals surface area contributed by atoms with E-state index in [0.29, 0.717) is 41.1 Å². The second-order valence-corrected chi connectivity index (χ2v) is 8.03. The molecule has 31 heavy (non-hydrogen) atoms. The van der Waals surface area contributed by atoms with E-state index >= 15 is 0 Å². The number of aldehydes is 1. The highest BCUT2D eigenvalue weighted by atomic mass is 79.9. The van der Waals surface area contributed by atoms with E-state index in [1.54, 1.807) is 12.1 Å². The van der Waals surface area contributed by atoms with Crippen molar-refractivity contribution in [2.24, 2.45) is 0 Å². The molecule has 0 unspecified atom stereocenters. The molecule has 0 fully saturated rings. The number of fused-ring (bicyclic) bond motifs is 1. The van der Waals surface area contributed by atoms with Crippen molar-refractivity contribution in [3.8, 4) is 11.3 Å². The minimum Gasteiger partial charge on any atom is -0.465 e. The molecule has 2 heterocycles. The van der Waals surface area contributed by atoms with Gasteiger partial charge < -0.3 is 13.7 Å². The van der Waals surface area contributed by atoms with Gasteiger partial charge in [-0.15, -0.1) is 0 Å². The van der Waals surface area contributed by atoms with Gasteiger partial charge in [0, 0.05) is 23.9 Å². The number of halogens is 2. The highest BCUT2D eigenvalue weighted by molar-refractivity contribution is 9.10. The molecule has 8 heteroatoms. The molecular formula is C23H18BrClN2O4. The van der Waals surface area contributed by atoms with E-state index in [1.165, 1.54) is 7.11 Å². The lowest BCUT2D eigenvalue weighted by atomic mass is 10.0. The van der Waals surface area contributed by atoms with Crippen LogP contribution >= 0.6 is 27.5 Å². The van der Waals surface area contributed by atoms with Crippen LogP contribution in [-0.4, -0.2) is 28.9 Å². The van der Waals surface area contributed by atoms with Gasteiger partial charge in [-0.2, -0.15) is 0 Å². The molecule has 4 aromatic rings. The predicted molar refractivity (Wildman–Crippen MR) is 122 cm³/mol. The first kappa shape index (κ1) is 21.3. The number of esters is 1. The van der Waals surface area contributed by atoms with Gasteiger partial charge in [0.05, 0.1) is 17.1 Å². The average molecular weight is 502 g/mol. The van der Waals surface area contributed by atoms with E-state index in [4.69, 9.17) is 20.8 Å². The molecule has 0 aliphatic heterocycles. The molecule has 0 spiro atoms. The fraction of sp³-hybridized carbons (Fsp3) is 0.174. The lowest BCUT2D eigenvalue weighted by Gasteiger charge is -2.08. The topological polar surface area (TPSA) is 74.3 Å². The second kappa shape index (κ2) is 8.69. The molecule has 158 valence electrons. The number of benzene rings is 2. The Bertz CT molecular complexity index is 1310. The summed E-state index contributed by atoms with van der Waals surface area (Å²) in [6.07, 6.45) is 1.38. The highest BCUT2D eigenvalue weighted by Crippen LogP contribution is 2.39. The van der Waals surface area contributed by atoms with Crippen molar-refractivity contribution < 1.29 is 18.7 Å². The summed E-state index contributed by atoms with van der Waals surface area (Å²) in [6, 6.07) is 12.9. The number of hydrogen-bond donors (Lipinski definition) is 0. The van der Waals surface area contributed by atoms with E-state index < -0.39 is 5.97 Å². The summed E-state index contributed by atoms with van der Waals surface area (Å²) in [5, 5.41) is 1.06. The molecule has 2 aromatic carbocycles. The second-order valence-electron chi connectivity index (χ2n) is 6.87. The van der Waals surface area contributed by atoms with Crippen LogP contribution in [0.25, 0.3) is 22.3 Å².